The molecule has 0 aromatic carbocycles. The molecule has 0 atom stereocenters. The van der Waals surface area contributed by atoms with Crippen molar-refractivity contribution in [2.24, 2.45) is 5.92 Å². The molecule has 0 unspecified atom stereocenters. The Kier molecular flexibility index (Phi) is 4.64. The molecule has 0 aliphatic carbocycles. The summed E-state index contributed by atoms with van der Waals surface area (Å²) in [5, 5.41) is 1.12. The third kappa shape index (κ3) is 3.60. The Labute approximate surface area is 119 Å². The van der Waals surface area contributed by atoms with Crippen molar-refractivity contribution in [1.29, 1.82) is 0 Å². The summed E-state index contributed by atoms with van der Waals surface area (Å²) in [4.78, 5) is 8.83. The second kappa shape index (κ2) is 6.24. The van der Waals surface area contributed by atoms with E-state index in [-0.39, 0.29) is 0 Å². The molecule has 2 aromatic rings. The maximum absolute atomic E-state index is 4.68. The first-order valence-electron chi connectivity index (χ1n) is 6.63. The predicted octanol–water partition coefficient (Wildman–Crippen LogP) is 3.84. The minimum Gasteiger partial charge on any atom is -0.323 e. The van der Waals surface area contributed by atoms with Crippen LogP contribution in [0.5, 0.6) is 0 Å². The molecule has 0 saturated heterocycles. The number of hydrogen-bond acceptors (Lipinski definition) is 3. The van der Waals surface area contributed by atoms with E-state index >= 15 is 0 Å². The van der Waals surface area contributed by atoms with Gasteiger partial charge in [0.05, 0.1) is 5.69 Å². The van der Waals surface area contributed by atoms with E-state index in [1.165, 1.54) is 11.3 Å². The normalized spacial score (nSPS) is 11.2. The zero-order chi connectivity index (χ0) is 13.8. The van der Waals surface area contributed by atoms with Crippen LogP contribution in [0.4, 0.5) is 0 Å². The van der Waals surface area contributed by atoms with Gasteiger partial charge in [-0.25, -0.2) is 4.98 Å². The monoisotopic (exact) mass is 275 g/mol. The van der Waals surface area contributed by atoms with Crippen molar-refractivity contribution >= 4 is 11.8 Å². The Morgan fingerprint density at radius 3 is 2.74 bits per heavy atom. The minimum atomic E-state index is 0.630. The molecule has 0 N–H and O–H groups in total. The first-order valence-corrected chi connectivity index (χ1v) is 7.62. The van der Waals surface area contributed by atoms with Gasteiger partial charge < -0.3 is 4.57 Å². The van der Waals surface area contributed by atoms with E-state index in [2.05, 4.69) is 48.3 Å². The number of thioether (sulfide) groups is 1. The summed E-state index contributed by atoms with van der Waals surface area (Å²) < 4.78 is 2.33. The zero-order valence-electron chi connectivity index (χ0n) is 12.1. The van der Waals surface area contributed by atoms with Gasteiger partial charge >= 0.3 is 0 Å². The maximum atomic E-state index is 4.68. The Hall–Kier alpha value is -1.29. The molecule has 2 heterocycles. The number of hydrogen-bond donors (Lipinski definition) is 0. The zero-order valence-corrected chi connectivity index (χ0v) is 12.9. The summed E-state index contributed by atoms with van der Waals surface area (Å²) in [6.45, 7) is 9.75. The molecule has 19 heavy (non-hydrogen) atoms. The average Bonchev–Trinajstić information content (AvgIpc) is 2.65. The van der Waals surface area contributed by atoms with Crippen molar-refractivity contribution in [3.8, 4) is 0 Å². The van der Waals surface area contributed by atoms with E-state index in [1.54, 1.807) is 11.8 Å². The molecule has 0 spiro atoms. The number of pyridine rings is 1. The van der Waals surface area contributed by atoms with E-state index in [0.717, 1.165) is 23.1 Å². The molecule has 0 radical (unpaired) electrons. The molecular formula is C15H21N3S. The van der Waals surface area contributed by atoms with Gasteiger partial charge in [0, 0.05) is 30.4 Å². The van der Waals surface area contributed by atoms with E-state index in [0.29, 0.717) is 5.92 Å². The van der Waals surface area contributed by atoms with Crippen LogP contribution in [0, 0.1) is 19.8 Å². The summed E-state index contributed by atoms with van der Waals surface area (Å²) in [7, 11) is 0. The van der Waals surface area contributed by atoms with Gasteiger partial charge in [0.25, 0.3) is 0 Å². The van der Waals surface area contributed by atoms with Gasteiger partial charge in [-0.1, -0.05) is 31.7 Å². The van der Waals surface area contributed by atoms with Crippen LogP contribution in [0.15, 0.2) is 29.7 Å². The van der Waals surface area contributed by atoms with Crippen LogP contribution < -0.4 is 0 Å². The lowest BCUT2D eigenvalue weighted by Crippen LogP contribution is -2.07. The molecule has 2 rings (SSSR count). The van der Waals surface area contributed by atoms with E-state index in [4.69, 9.17) is 0 Å². The van der Waals surface area contributed by atoms with Crippen molar-refractivity contribution in [1.82, 2.24) is 14.5 Å². The first kappa shape index (κ1) is 14.1. The lowest BCUT2D eigenvalue weighted by molar-refractivity contribution is 0.486. The van der Waals surface area contributed by atoms with Crippen LogP contribution in [-0.4, -0.2) is 14.5 Å². The third-order valence-corrected chi connectivity index (χ3v) is 4.11. The summed E-state index contributed by atoms with van der Waals surface area (Å²) in [6.07, 6.45) is 3.73. The first-order chi connectivity index (χ1) is 9.08. The standard InChI is InChI=1S/C15H21N3S/c1-11(2)9-18-13(4)12(3)17-15(18)19-10-14-6-5-7-16-8-14/h5-8,11H,9-10H2,1-4H3. The lowest BCUT2D eigenvalue weighted by Gasteiger charge is -2.12. The highest BCUT2D eigenvalue weighted by atomic mass is 32.2. The largest absolute Gasteiger partial charge is 0.323 e. The Balaban J connectivity index is 2.13. The predicted molar refractivity (Wildman–Crippen MR) is 80.3 cm³/mol. The Bertz CT molecular complexity index is 532. The molecule has 0 saturated carbocycles. The summed E-state index contributed by atoms with van der Waals surface area (Å²) in [6, 6.07) is 4.09. The van der Waals surface area contributed by atoms with Crippen molar-refractivity contribution in [2.45, 2.75) is 45.1 Å². The van der Waals surface area contributed by atoms with Gasteiger partial charge in [0.15, 0.2) is 5.16 Å². The molecule has 0 aliphatic heterocycles. The van der Waals surface area contributed by atoms with Gasteiger partial charge in [-0.15, -0.1) is 0 Å². The van der Waals surface area contributed by atoms with Gasteiger partial charge in [0.2, 0.25) is 0 Å². The molecule has 0 fully saturated rings. The SMILES string of the molecule is Cc1nc(SCc2cccnc2)n(CC(C)C)c1C. The minimum absolute atomic E-state index is 0.630. The van der Waals surface area contributed by atoms with Crippen LogP contribution >= 0.6 is 11.8 Å². The van der Waals surface area contributed by atoms with Crippen LogP contribution in [-0.2, 0) is 12.3 Å². The Morgan fingerprint density at radius 2 is 2.11 bits per heavy atom. The van der Waals surface area contributed by atoms with Gasteiger partial charge in [-0.3, -0.25) is 4.98 Å². The van der Waals surface area contributed by atoms with Crippen LogP contribution in [0.1, 0.15) is 30.8 Å². The third-order valence-electron chi connectivity index (χ3n) is 3.06. The highest BCUT2D eigenvalue weighted by Gasteiger charge is 2.12. The molecule has 102 valence electrons. The molecule has 3 nitrogen and oxygen atoms in total. The second-order valence-corrected chi connectivity index (χ2v) is 6.16. The molecular weight excluding hydrogens is 254 g/mol. The smallest absolute Gasteiger partial charge is 0.168 e. The van der Waals surface area contributed by atoms with Gasteiger partial charge in [-0.2, -0.15) is 0 Å². The number of aryl methyl sites for hydroxylation is 1. The molecule has 4 heteroatoms. The van der Waals surface area contributed by atoms with E-state index < -0.39 is 0 Å². The fraction of sp³-hybridized carbons (Fsp3) is 0.467. The number of aromatic nitrogens is 3. The molecule has 0 amide bonds. The number of rotatable bonds is 5. The van der Waals surface area contributed by atoms with Crippen molar-refractivity contribution in [2.75, 3.05) is 0 Å². The fourth-order valence-corrected chi connectivity index (χ4v) is 2.98. The summed E-state index contributed by atoms with van der Waals surface area (Å²) >= 11 is 1.79. The van der Waals surface area contributed by atoms with Crippen molar-refractivity contribution < 1.29 is 0 Å². The quantitative estimate of drug-likeness (QED) is 0.777. The second-order valence-electron chi connectivity index (χ2n) is 5.22. The van der Waals surface area contributed by atoms with E-state index in [9.17, 15) is 0 Å². The van der Waals surface area contributed by atoms with Crippen molar-refractivity contribution in [3.05, 3.63) is 41.5 Å². The molecule has 0 aliphatic rings. The highest BCUT2D eigenvalue weighted by molar-refractivity contribution is 7.98. The Morgan fingerprint density at radius 1 is 1.32 bits per heavy atom. The van der Waals surface area contributed by atoms with Crippen LogP contribution in [0.25, 0.3) is 0 Å². The highest BCUT2D eigenvalue weighted by Crippen LogP contribution is 2.25. The number of imidazole rings is 1. The van der Waals surface area contributed by atoms with Gasteiger partial charge in [0.1, 0.15) is 0 Å². The van der Waals surface area contributed by atoms with Gasteiger partial charge in [-0.05, 0) is 31.4 Å². The van der Waals surface area contributed by atoms with E-state index in [1.807, 2.05) is 18.5 Å². The molecule has 0 bridgehead atoms. The fourth-order valence-electron chi connectivity index (χ4n) is 1.95. The topological polar surface area (TPSA) is 30.7 Å². The maximum Gasteiger partial charge on any atom is 0.168 e. The van der Waals surface area contributed by atoms with Crippen LogP contribution in [0.2, 0.25) is 0 Å². The average molecular weight is 275 g/mol. The summed E-state index contributed by atoms with van der Waals surface area (Å²) in [5.41, 5.74) is 3.65. The van der Waals surface area contributed by atoms with Crippen molar-refractivity contribution in [3.63, 3.8) is 0 Å². The lowest BCUT2D eigenvalue weighted by atomic mass is 10.2. The number of nitrogens with zero attached hydrogens (tertiary/aromatic N) is 3. The van der Waals surface area contributed by atoms with Crippen LogP contribution in [0.3, 0.4) is 0 Å². The molecule has 2 aromatic heterocycles. The summed E-state index contributed by atoms with van der Waals surface area (Å²) in [5.74, 6) is 1.55.